The summed E-state index contributed by atoms with van der Waals surface area (Å²) in [7, 11) is 0. The number of nitrogens with zero attached hydrogens (tertiary/aromatic N) is 2. The number of hydrogen-bond acceptors (Lipinski definition) is 4. The Bertz CT molecular complexity index is 650. The highest BCUT2D eigenvalue weighted by Gasteiger charge is 2.50. The van der Waals surface area contributed by atoms with E-state index in [1.165, 1.54) is 6.92 Å². The fourth-order valence-electron chi connectivity index (χ4n) is 3.62. The number of aryl methyl sites for hydroxylation is 1. The predicted octanol–water partition coefficient (Wildman–Crippen LogP) is 1.88. The molecule has 3 rings (SSSR count). The van der Waals surface area contributed by atoms with Gasteiger partial charge in [-0.1, -0.05) is 0 Å². The highest BCUT2D eigenvalue weighted by atomic mass is 19.4. The first kappa shape index (κ1) is 17.0. The van der Waals surface area contributed by atoms with Crippen molar-refractivity contribution >= 4 is 11.7 Å². The summed E-state index contributed by atoms with van der Waals surface area (Å²) in [6.07, 6.45) is -3.65. The Balaban J connectivity index is 1.93. The molecule has 0 aromatic carbocycles. The summed E-state index contributed by atoms with van der Waals surface area (Å²) < 4.78 is 39.1. The van der Waals surface area contributed by atoms with Crippen LogP contribution in [-0.2, 0) is 11.0 Å². The summed E-state index contributed by atoms with van der Waals surface area (Å²) in [5.41, 5.74) is -1.45. The van der Waals surface area contributed by atoms with Crippen LogP contribution in [0.2, 0.25) is 0 Å². The average molecular weight is 343 g/mol. The van der Waals surface area contributed by atoms with Crippen LogP contribution < -0.4 is 10.2 Å². The van der Waals surface area contributed by atoms with E-state index < -0.39 is 23.3 Å². The van der Waals surface area contributed by atoms with E-state index in [4.69, 9.17) is 0 Å². The number of anilines is 1. The molecule has 2 fully saturated rings. The molecule has 0 aliphatic carbocycles. The van der Waals surface area contributed by atoms with E-state index in [-0.39, 0.29) is 24.0 Å². The number of pyridine rings is 1. The van der Waals surface area contributed by atoms with Crippen molar-refractivity contribution in [1.82, 2.24) is 10.3 Å². The lowest BCUT2D eigenvalue weighted by atomic mass is 9.71. The highest BCUT2D eigenvalue weighted by molar-refractivity contribution is 5.85. The minimum absolute atomic E-state index is 0.174. The molecule has 5 nitrogen and oxygen atoms in total. The number of nitrogens with one attached hydrogen (secondary N) is 1. The third kappa shape index (κ3) is 2.94. The second-order valence-corrected chi connectivity index (χ2v) is 6.59. The number of piperidine rings is 2. The topological polar surface area (TPSA) is 65.5 Å². The Labute approximate surface area is 137 Å². The van der Waals surface area contributed by atoms with Gasteiger partial charge in [-0.3, -0.25) is 4.79 Å². The standard InChI is InChI=1S/C16H20F3N3O2/c1-10-7-11(16(17,18)19)8-13(21-10)22-6-3-12(23)15(9-22)4-2-5-20-14(15)24/h7-8,12,23H,2-6,9H2,1H3,(H,20,24)/t12-,15-/m1/s1. The maximum Gasteiger partial charge on any atom is 0.416 e. The second kappa shape index (κ2) is 5.91. The third-order valence-electron chi connectivity index (χ3n) is 4.91. The largest absolute Gasteiger partial charge is 0.416 e. The van der Waals surface area contributed by atoms with Gasteiger partial charge in [0, 0.05) is 25.3 Å². The molecule has 2 atom stereocenters. The first-order chi connectivity index (χ1) is 11.2. The molecule has 1 aromatic rings. The molecule has 2 saturated heterocycles. The number of aliphatic hydroxyl groups is 1. The van der Waals surface area contributed by atoms with Crippen LogP contribution in [0.3, 0.4) is 0 Å². The van der Waals surface area contributed by atoms with Gasteiger partial charge in [0.05, 0.1) is 17.1 Å². The van der Waals surface area contributed by atoms with E-state index in [2.05, 4.69) is 10.3 Å². The van der Waals surface area contributed by atoms with Crippen molar-refractivity contribution in [2.75, 3.05) is 24.5 Å². The summed E-state index contributed by atoms with van der Waals surface area (Å²) in [6.45, 7) is 2.62. The number of amides is 1. The Hall–Kier alpha value is -1.83. The highest BCUT2D eigenvalue weighted by Crippen LogP contribution is 2.39. The molecular formula is C16H20F3N3O2. The van der Waals surface area contributed by atoms with Gasteiger partial charge in [-0.15, -0.1) is 0 Å². The van der Waals surface area contributed by atoms with Crippen molar-refractivity contribution in [3.05, 3.63) is 23.4 Å². The number of halogens is 3. The van der Waals surface area contributed by atoms with Crippen molar-refractivity contribution in [3.63, 3.8) is 0 Å². The predicted molar refractivity (Wildman–Crippen MR) is 81.5 cm³/mol. The molecule has 8 heteroatoms. The Morgan fingerprint density at radius 1 is 1.42 bits per heavy atom. The monoisotopic (exact) mass is 343 g/mol. The number of hydrogen-bond donors (Lipinski definition) is 2. The zero-order valence-electron chi connectivity index (χ0n) is 13.4. The van der Waals surface area contributed by atoms with Crippen LogP contribution in [0, 0.1) is 12.3 Å². The van der Waals surface area contributed by atoms with Crippen molar-refractivity contribution in [3.8, 4) is 0 Å². The van der Waals surface area contributed by atoms with Crippen molar-refractivity contribution in [1.29, 1.82) is 0 Å². The molecule has 0 bridgehead atoms. The Morgan fingerprint density at radius 3 is 2.83 bits per heavy atom. The van der Waals surface area contributed by atoms with Gasteiger partial charge in [-0.25, -0.2) is 4.98 Å². The van der Waals surface area contributed by atoms with Crippen LogP contribution >= 0.6 is 0 Å². The van der Waals surface area contributed by atoms with Crippen molar-refractivity contribution in [2.45, 2.75) is 38.5 Å². The van der Waals surface area contributed by atoms with E-state index in [9.17, 15) is 23.1 Å². The van der Waals surface area contributed by atoms with Gasteiger partial charge >= 0.3 is 6.18 Å². The van der Waals surface area contributed by atoms with E-state index >= 15 is 0 Å². The SMILES string of the molecule is Cc1cc(C(F)(F)F)cc(N2CC[C@@H](O)[C@@]3(CCCNC3=O)C2)n1. The second-order valence-electron chi connectivity index (χ2n) is 6.59. The molecule has 132 valence electrons. The van der Waals surface area contributed by atoms with Crippen LogP contribution in [0.1, 0.15) is 30.5 Å². The van der Waals surface area contributed by atoms with Crippen LogP contribution in [-0.4, -0.2) is 41.7 Å². The number of rotatable bonds is 1. The smallest absolute Gasteiger partial charge is 0.392 e. The molecule has 1 spiro atoms. The summed E-state index contributed by atoms with van der Waals surface area (Å²) >= 11 is 0. The lowest BCUT2D eigenvalue weighted by Crippen LogP contribution is -2.61. The van der Waals surface area contributed by atoms with Gasteiger partial charge in [-0.2, -0.15) is 13.2 Å². The minimum Gasteiger partial charge on any atom is -0.392 e. The fraction of sp³-hybridized carbons (Fsp3) is 0.625. The minimum atomic E-state index is -4.45. The summed E-state index contributed by atoms with van der Waals surface area (Å²) in [5.74, 6) is -0.0263. The van der Waals surface area contributed by atoms with Gasteiger partial charge in [0.1, 0.15) is 5.82 Å². The molecule has 1 amide bonds. The summed E-state index contributed by atoms with van der Waals surface area (Å²) in [6, 6.07) is 2.02. The maximum absolute atomic E-state index is 13.0. The van der Waals surface area contributed by atoms with Gasteiger partial charge < -0.3 is 15.3 Å². The number of carbonyl (C=O) groups is 1. The average Bonchev–Trinajstić information content (AvgIpc) is 2.51. The zero-order chi connectivity index (χ0) is 17.5. The van der Waals surface area contributed by atoms with Crippen LogP contribution in [0.15, 0.2) is 12.1 Å². The molecule has 0 saturated carbocycles. The number of carbonyl (C=O) groups excluding carboxylic acids is 1. The first-order valence-electron chi connectivity index (χ1n) is 7.99. The third-order valence-corrected chi connectivity index (χ3v) is 4.91. The van der Waals surface area contributed by atoms with Crippen LogP contribution in [0.25, 0.3) is 0 Å². The first-order valence-corrected chi connectivity index (χ1v) is 7.99. The maximum atomic E-state index is 13.0. The lowest BCUT2D eigenvalue weighted by molar-refractivity contribution is -0.142. The quantitative estimate of drug-likeness (QED) is 0.817. The van der Waals surface area contributed by atoms with Crippen LogP contribution in [0.5, 0.6) is 0 Å². The molecule has 2 N–H and O–H groups in total. The van der Waals surface area contributed by atoms with E-state index in [0.717, 1.165) is 18.6 Å². The van der Waals surface area contributed by atoms with E-state index in [1.807, 2.05) is 0 Å². The Kier molecular flexibility index (Phi) is 4.19. The lowest BCUT2D eigenvalue weighted by Gasteiger charge is -2.47. The fourth-order valence-corrected chi connectivity index (χ4v) is 3.62. The summed E-state index contributed by atoms with van der Waals surface area (Å²) in [5, 5.41) is 13.1. The molecule has 1 aromatic heterocycles. The van der Waals surface area contributed by atoms with Gasteiger partial charge in [-0.05, 0) is 38.3 Å². The van der Waals surface area contributed by atoms with Crippen LogP contribution in [0.4, 0.5) is 19.0 Å². The normalized spacial score (nSPS) is 28.1. The molecular weight excluding hydrogens is 323 g/mol. The number of aliphatic hydroxyl groups excluding tert-OH is 1. The molecule has 2 aliphatic rings. The van der Waals surface area contributed by atoms with E-state index in [0.29, 0.717) is 25.9 Å². The molecule has 3 heterocycles. The van der Waals surface area contributed by atoms with Gasteiger partial charge in [0.15, 0.2) is 0 Å². The Morgan fingerprint density at radius 2 is 2.17 bits per heavy atom. The number of alkyl halides is 3. The van der Waals surface area contributed by atoms with Crippen molar-refractivity contribution in [2.24, 2.45) is 5.41 Å². The van der Waals surface area contributed by atoms with Gasteiger partial charge in [0.25, 0.3) is 0 Å². The van der Waals surface area contributed by atoms with Crippen molar-refractivity contribution < 1.29 is 23.1 Å². The van der Waals surface area contributed by atoms with Gasteiger partial charge in [0.2, 0.25) is 5.91 Å². The molecule has 0 unspecified atom stereocenters. The molecule has 0 radical (unpaired) electrons. The summed E-state index contributed by atoms with van der Waals surface area (Å²) in [4.78, 5) is 18.2. The number of aromatic nitrogens is 1. The molecule has 2 aliphatic heterocycles. The van der Waals surface area contributed by atoms with E-state index in [1.54, 1.807) is 4.90 Å². The molecule has 24 heavy (non-hydrogen) atoms. The zero-order valence-corrected chi connectivity index (χ0v) is 13.4.